The average molecular weight is 387 g/mol. The van der Waals surface area contributed by atoms with Crippen LogP contribution >= 0.6 is 0 Å². The fourth-order valence-corrected chi connectivity index (χ4v) is 3.53. The molecule has 7 heteroatoms. The molecule has 0 fully saturated rings. The summed E-state index contributed by atoms with van der Waals surface area (Å²) < 4.78 is 2.91. The minimum absolute atomic E-state index is 0.120. The molecule has 0 atom stereocenters. The van der Waals surface area contributed by atoms with Gasteiger partial charge in [-0.25, -0.2) is 9.67 Å². The Bertz CT molecular complexity index is 1250. The Morgan fingerprint density at radius 1 is 1.07 bits per heavy atom. The summed E-state index contributed by atoms with van der Waals surface area (Å²) in [6.45, 7) is 5.80. The molecule has 1 N–H and O–H groups in total. The highest BCUT2D eigenvalue weighted by atomic mass is 16.2. The second kappa shape index (κ2) is 7.35. The molecule has 0 saturated carbocycles. The molecule has 0 aliphatic rings. The van der Waals surface area contributed by atoms with E-state index in [9.17, 15) is 9.59 Å². The molecular weight excluding hydrogens is 366 g/mol. The van der Waals surface area contributed by atoms with E-state index in [2.05, 4.69) is 15.4 Å². The number of para-hydroxylation sites is 1. The maximum Gasteiger partial charge on any atom is 0.264 e. The zero-order chi connectivity index (χ0) is 20.5. The second-order valence-electron chi connectivity index (χ2n) is 7.13. The first kappa shape index (κ1) is 18.6. The van der Waals surface area contributed by atoms with Crippen LogP contribution < -0.4 is 10.9 Å². The number of aromatic nitrogens is 4. The molecule has 0 radical (unpaired) electrons. The third-order valence-electron chi connectivity index (χ3n) is 4.81. The molecule has 1 amide bonds. The molecule has 0 saturated heterocycles. The third kappa shape index (κ3) is 3.54. The lowest BCUT2D eigenvalue weighted by atomic mass is 10.1. The maximum absolute atomic E-state index is 12.8. The van der Waals surface area contributed by atoms with Gasteiger partial charge in [0.2, 0.25) is 5.91 Å². The molecule has 2 heterocycles. The van der Waals surface area contributed by atoms with Crippen LogP contribution in [0.15, 0.2) is 59.8 Å². The number of carbonyl (C=O) groups excluding carboxylic acids is 1. The Balaban J connectivity index is 1.62. The van der Waals surface area contributed by atoms with Gasteiger partial charge in [0.05, 0.1) is 11.9 Å². The van der Waals surface area contributed by atoms with Gasteiger partial charge in [0.1, 0.15) is 18.3 Å². The highest BCUT2D eigenvalue weighted by molar-refractivity contribution is 5.92. The van der Waals surface area contributed by atoms with Gasteiger partial charge in [0, 0.05) is 5.69 Å². The molecule has 2 aromatic heterocycles. The van der Waals surface area contributed by atoms with Gasteiger partial charge in [-0.15, -0.1) is 0 Å². The Kier molecular flexibility index (Phi) is 4.72. The van der Waals surface area contributed by atoms with Crippen molar-refractivity contribution in [1.29, 1.82) is 0 Å². The molecule has 4 aromatic rings. The van der Waals surface area contributed by atoms with Crippen molar-refractivity contribution in [2.75, 3.05) is 5.32 Å². The predicted molar refractivity (Wildman–Crippen MR) is 112 cm³/mol. The van der Waals surface area contributed by atoms with Crippen LogP contribution in [0.3, 0.4) is 0 Å². The van der Waals surface area contributed by atoms with Gasteiger partial charge in [0.15, 0.2) is 5.65 Å². The lowest BCUT2D eigenvalue weighted by molar-refractivity contribution is -0.116. The van der Waals surface area contributed by atoms with Crippen molar-refractivity contribution in [3.8, 4) is 5.69 Å². The number of aryl methyl sites for hydroxylation is 3. The number of carbonyl (C=O) groups is 1. The summed E-state index contributed by atoms with van der Waals surface area (Å²) in [6.07, 6.45) is 2.88. The van der Waals surface area contributed by atoms with E-state index >= 15 is 0 Å². The van der Waals surface area contributed by atoms with Gasteiger partial charge in [-0.05, 0) is 44.0 Å². The van der Waals surface area contributed by atoms with Gasteiger partial charge in [0.25, 0.3) is 5.56 Å². The topological polar surface area (TPSA) is 81.8 Å². The summed E-state index contributed by atoms with van der Waals surface area (Å²) in [5.41, 5.74) is 4.86. The van der Waals surface area contributed by atoms with Crippen LogP contribution in [0.1, 0.15) is 16.7 Å². The first-order chi connectivity index (χ1) is 13.9. The van der Waals surface area contributed by atoms with Crippen LogP contribution in [0.25, 0.3) is 16.7 Å². The van der Waals surface area contributed by atoms with Crippen molar-refractivity contribution >= 4 is 22.6 Å². The molecule has 0 aliphatic heterocycles. The highest BCUT2D eigenvalue weighted by Gasteiger charge is 2.14. The van der Waals surface area contributed by atoms with Gasteiger partial charge < -0.3 is 5.32 Å². The number of anilines is 1. The Morgan fingerprint density at radius 2 is 1.76 bits per heavy atom. The van der Waals surface area contributed by atoms with E-state index in [0.29, 0.717) is 11.0 Å². The molecule has 0 aliphatic carbocycles. The van der Waals surface area contributed by atoms with Gasteiger partial charge in [-0.1, -0.05) is 35.9 Å². The monoisotopic (exact) mass is 387 g/mol. The Morgan fingerprint density at radius 3 is 2.45 bits per heavy atom. The van der Waals surface area contributed by atoms with Crippen LogP contribution in [-0.4, -0.2) is 25.2 Å². The summed E-state index contributed by atoms with van der Waals surface area (Å²) in [5.74, 6) is -0.279. The molecular formula is C22H21N5O2. The summed E-state index contributed by atoms with van der Waals surface area (Å²) in [7, 11) is 0. The minimum atomic E-state index is -0.301. The quantitative estimate of drug-likeness (QED) is 0.583. The predicted octanol–water partition coefficient (Wildman–Crippen LogP) is 3.15. The third-order valence-corrected chi connectivity index (χ3v) is 4.81. The fraction of sp³-hybridized carbons (Fsp3) is 0.182. The summed E-state index contributed by atoms with van der Waals surface area (Å²) in [4.78, 5) is 29.8. The van der Waals surface area contributed by atoms with Crippen LogP contribution in [0, 0.1) is 20.8 Å². The number of amides is 1. The lowest BCUT2D eigenvalue weighted by Crippen LogP contribution is -2.28. The van der Waals surface area contributed by atoms with Crippen molar-refractivity contribution in [2.24, 2.45) is 0 Å². The number of fused-ring (bicyclic) bond motifs is 1. The van der Waals surface area contributed by atoms with E-state index in [1.807, 2.05) is 63.2 Å². The average Bonchev–Trinajstić information content (AvgIpc) is 3.12. The maximum atomic E-state index is 12.8. The molecule has 29 heavy (non-hydrogen) atoms. The van der Waals surface area contributed by atoms with Crippen molar-refractivity contribution in [1.82, 2.24) is 19.3 Å². The Hall–Kier alpha value is -3.74. The number of nitrogens with one attached hydrogen (secondary N) is 1. The zero-order valence-corrected chi connectivity index (χ0v) is 16.5. The zero-order valence-electron chi connectivity index (χ0n) is 16.5. The van der Waals surface area contributed by atoms with Gasteiger partial charge in [-0.3, -0.25) is 14.2 Å². The molecule has 7 nitrogen and oxygen atoms in total. The van der Waals surface area contributed by atoms with E-state index < -0.39 is 0 Å². The van der Waals surface area contributed by atoms with E-state index in [0.717, 1.165) is 28.1 Å². The van der Waals surface area contributed by atoms with Gasteiger partial charge in [-0.2, -0.15) is 5.10 Å². The lowest BCUT2D eigenvalue weighted by Gasteiger charge is -2.13. The normalized spacial score (nSPS) is 11.0. The number of hydrogen-bond acceptors (Lipinski definition) is 4. The largest absolute Gasteiger partial charge is 0.324 e. The minimum Gasteiger partial charge on any atom is -0.324 e. The molecule has 0 unspecified atom stereocenters. The van der Waals surface area contributed by atoms with Crippen molar-refractivity contribution in [2.45, 2.75) is 27.3 Å². The van der Waals surface area contributed by atoms with Crippen molar-refractivity contribution in [3.05, 3.63) is 82.0 Å². The SMILES string of the molecule is Cc1cc(C)c(NC(=O)Cn2cnc3c(cnn3-c3ccccc3)c2=O)c(C)c1. The second-order valence-corrected chi connectivity index (χ2v) is 7.13. The fourth-order valence-electron chi connectivity index (χ4n) is 3.53. The van der Waals surface area contributed by atoms with Crippen molar-refractivity contribution in [3.63, 3.8) is 0 Å². The number of hydrogen-bond donors (Lipinski definition) is 1. The summed E-state index contributed by atoms with van der Waals surface area (Å²) in [6, 6.07) is 13.5. The molecule has 2 aromatic carbocycles. The van der Waals surface area contributed by atoms with Crippen LogP contribution in [0.5, 0.6) is 0 Å². The molecule has 0 bridgehead atoms. The first-order valence-corrected chi connectivity index (χ1v) is 9.30. The first-order valence-electron chi connectivity index (χ1n) is 9.30. The van der Waals surface area contributed by atoms with Crippen LogP contribution in [-0.2, 0) is 11.3 Å². The smallest absolute Gasteiger partial charge is 0.264 e. The van der Waals surface area contributed by atoms with Gasteiger partial charge >= 0.3 is 0 Å². The number of nitrogens with zero attached hydrogens (tertiary/aromatic N) is 4. The standard InChI is InChI=1S/C22H21N5O2/c1-14-9-15(2)20(16(3)10-14)25-19(28)12-26-13-23-21-18(22(26)29)11-24-27(21)17-7-5-4-6-8-17/h4-11,13H,12H2,1-3H3,(H,25,28). The number of rotatable bonds is 4. The van der Waals surface area contributed by atoms with Crippen molar-refractivity contribution < 1.29 is 4.79 Å². The molecule has 4 rings (SSSR count). The van der Waals surface area contributed by atoms with Crippen LogP contribution in [0.2, 0.25) is 0 Å². The molecule has 146 valence electrons. The highest BCUT2D eigenvalue weighted by Crippen LogP contribution is 2.22. The van der Waals surface area contributed by atoms with E-state index in [-0.39, 0.29) is 18.0 Å². The summed E-state index contributed by atoms with van der Waals surface area (Å²) in [5, 5.41) is 7.57. The van der Waals surface area contributed by atoms with E-state index in [4.69, 9.17) is 0 Å². The summed E-state index contributed by atoms with van der Waals surface area (Å²) >= 11 is 0. The Labute approximate surface area is 167 Å². The van der Waals surface area contributed by atoms with E-state index in [1.54, 1.807) is 4.68 Å². The molecule has 0 spiro atoms. The van der Waals surface area contributed by atoms with Crippen LogP contribution in [0.4, 0.5) is 5.69 Å². The van der Waals surface area contributed by atoms with E-state index in [1.165, 1.54) is 17.1 Å². The number of benzene rings is 2.